The molecule has 0 unspecified atom stereocenters. The van der Waals surface area contributed by atoms with Crippen molar-refractivity contribution in [3.63, 3.8) is 0 Å². The van der Waals surface area contributed by atoms with Gasteiger partial charge in [-0.05, 0) is 30.7 Å². The van der Waals surface area contributed by atoms with Gasteiger partial charge in [-0.15, -0.1) is 0 Å². The van der Waals surface area contributed by atoms with Crippen molar-refractivity contribution in [2.45, 2.75) is 17.9 Å². The van der Waals surface area contributed by atoms with Crippen LogP contribution in [0.3, 0.4) is 0 Å². The van der Waals surface area contributed by atoms with Crippen LogP contribution >= 0.6 is 11.6 Å². The van der Waals surface area contributed by atoms with Crippen LogP contribution in [0.25, 0.3) is 0 Å². The Balaban J connectivity index is 2.36. The van der Waals surface area contributed by atoms with Gasteiger partial charge < -0.3 is 0 Å². The van der Waals surface area contributed by atoms with Gasteiger partial charge in [0.15, 0.2) is 4.90 Å². The number of hydrogen-bond donors (Lipinski definition) is 1. The lowest BCUT2D eigenvalue weighted by Gasteiger charge is -2.16. The minimum absolute atomic E-state index is 0.363. The van der Waals surface area contributed by atoms with Crippen molar-refractivity contribution >= 4 is 21.6 Å². The van der Waals surface area contributed by atoms with E-state index in [-0.39, 0.29) is 0 Å². The van der Waals surface area contributed by atoms with Crippen molar-refractivity contribution in [2.75, 3.05) is 0 Å². The van der Waals surface area contributed by atoms with Gasteiger partial charge in [-0.1, -0.05) is 35.9 Å². The third-order valence-corrected chi connectivity index (χ3v) is 4.83. The van der Waals surface area contributed by atoms with Crippen LogP contribution in [0.4, 0.5) is 8.78 Å². The molecule has 0 aromatic heterocycles. The van der Waals surface area contributed by atoms with Gasteiger partial charge in [0.05, 0.1) is 0 Å². The predicted molar refractivity (Wildman–Crippen MR) is 76.5 cm³/mol. The van der Waals surface area contributed by atoms with Gasteiger partial charge in [0.25, 0.3) is 0 Å². The molecule has 0 amide bonds. The second-order valence-electron chi connectivity index (χ2n) is 4.42. The lowest BCUT2D eigenvalue weighted by atomic mass is 10.1. The normalized spacial score (nSPS) is 13.1. The summed E-state index contributed by atoms with van der Waals surface area (Å²) >= 11 is 5.97. The van der Waals surface area contributed by atoms with Crippen molar-refractivity contribution in [1.29, 1.82) is 0 Å². The smallest absolute Gasteiger partial charge is 0.207 e. The molecule has 0 fully saturated rings. The summed E-state index contributed by atoms with van der Waals surface area (Å²) in [6, 6.07) is 8.76. The van der Waals surface area contributed by atoms with Crippen LogP contribution in [0.5, 0.6) is 0 Å². The van der Waals surface area contributed by atoms with Gasteiger partial charge in [0.1, 0.15) is 11.6 Å². The number of nitrogens with one attached hydrogen (secondary N) is 1. The molecule has 21 heavy (non-hydrogen) atoms. The predicted octanol–water partition coefficient (Wildman–Crippen LogP) is 3.66. The van der Waals surface area contributed by atoms with Crippen LogP contribution in [-0.4, -0.2) is 8.42 Å². The van der Waals surface area contributed by atoms with E-state index in [2.05, 4.69) is 4.72 Å². The largest absolute Gasteiger partial charge is 0.246 e. The average Bonchev–Trinajstić information content (AvgIpc) is 2.37. The first-order valence-corrected chi connectivity index (χ1v) is 7.90. The molecule has 0 aliphatic rings. The fraction of sp³-hybridized carbons (Fsp3) is 0.143. The Hall–Kier alpha value is -1.50. The number of benzene rings is 2. The molecular formula is C14H12ClF2NO2S. The first kappa shape index (κ1) is 15.9. The molecule has 0 heterocycles. The first-order valence-electron chi connectivity index (χ1n) is 6.03. The number of rotatable bonds is 4. The lowest BCUT2D eigenvalue weighted by molar-refractivity contribution is 0.509. The van der Waals surface area contributed by atoms with E-state index in [1.165, 1.54) is 6.92 Å². The molecule has 0 saturated carbocycles. The molecule has 0 spiro atoms. The quantitative estimate of drug-likeness (QED) is 0.929. The van der Waals surface area contributed by atoms with E-state index in [0.29, 0.717) is 10.6 Å². The zero-order chi connectivity index (χ0) is 15.6. The van der Waals surface area contributed by atoms with E-state index in [0.717, 1.165) is 18.2 Å². The molecule has 2 rings (SSSR count). The molecule has 0 radical (unpaired) electrons. The highest BCUT2D eigenvalue weighted by Gasteiger charge is 2.26. The number of halogens is 3. The van der Waals surface area contributed by atoms with Gasteiger partial charge in [-0.2, -0.15) is 0 Å². The van der Waals surface area contributed by atoms with Gasteiger partial charge in [-0.25, -0.2) is 21.9 Å². The SMILES string of the molecule is C[C@@H](NS(=O)(=O)c1c(F)cccc1F)c1ccccc1Cl. The number of hydrogen-bond acceptors (Lipinski definition) is 2. The first-order chi connectivity index (χ1) is 9.83. The molecule has 2 aromatic carbocycles. The van der Waals surface area contributed by atoms with E-state index in [1.807, 2.05) is 0 Å². The van der Waals surface area contributed by atoms with Gasteiger partial charge in [0, 0.05) is 11.1 Å². The van der Waals surface area contributed by atoms with Crippen LogP contribution in [0, 0.1) is 11.6 Å². The summed E-state index contributed by atoms with van der Waals surface area (Å²) in [5.41, 5.74) is 0.513. The Bertz CT molecular complexity index is 745. The second kappa shape index (κ2) is 6.09. The third kappa shape index (κ3) is 3.40. The Morgan fingerprint density at radius 3 is 2.19 bits per heavy atom. The summed E-state index contributed by atoms with van der Waals surface area (Å²) in [5, 5.41) is 0.363. The molecule has 3 nitrogen and oxygen atoms in total. The van der Waals surface area contributed by atoms with Gasteiger partial charge >= 0.3 is 0 Å². The molecule has 7 heteroatoms. The molecule has 1 atom stereocenters. The monoisotopic (exact) mass is 331 g/mol. The Labute approximate surface area is 126 Å². The van der Waals surface area contributed by atoms with Gasteiger partial charge in [-0.3, -0.25) is 0 Å². The lowest BCUT2D eigenvalue weighted by Crippen LogP contribution is -2.28. The molecule has 0 aliphatic carbocycles. The summed E-state index contributed by atoms with van der Waals surface area (Å²) in [4.78, 5) is -0.996. The highest BCUT2D eigenvalue weighted by Crippen LogP contribution is 2.25. The van der Waals surface area contributed by atoms with Crippen LogP contribution < -0.4 is 4.72 Å². The van der Waals surface area contributed by atoms with E-state index < -0.39 is 32.6 Å². The molecule has 1 N–H and O–H groups in total. The maximum atomic E-state index is 13.6. The summed E-state index contributed by atoms with van der Waals surface area (Å²) in [6.45, 7) is 1.54. The van der Waals surface area contributed by atoms with Gasteiger partial charge in [0.2, 0.25) is 10.0 Å². The summed E-state index contributed by atoms with van der Waals surface area (Å²) in [7, 11) is -4.34. The van der Waals surface area contributed by atoms with Crippen LogP contribution in [-0.2, 0) is 10.0 Å². The Morgan fingerprint density at radius 2 is 1.62 bits per heavy atom. The maximum absolute atomic E-state index is 13.6. The fourth-order valence-electron chi connectivity index (χ4n) is 1.92. The second-order valence-corrected chi connectivity index (χ2v) is 6.47. The molecule has 0 saturated heterocycles. The Kier molecular flexibility index (Phi) is 4.61. The standard InChI is InChI=1S/C14H12ClF2NO2S/c1-9(10-5-2-3-6-11(10)15)18-21(19,20)14-12(16)7-4-8-13(14)17/h2-9,18H,1H3/t9-/m1/s1. The highest BCUT2D eigenvalue weighted by molar-refractivity contribution is 7.89. The van der Waals surface area contributed by atoms with Crippen molar-refractivity contribution in [3.8, 4) is 0 Å². The minimum Gasteiger partial charge on any atom is -0.207 e. The van der Waals surface area contributed by atoms with Crippen molar-refractivity contribution < 1.29 is 17.2 Å². The maximum Gasteiger partial charge on any atom is 0.246 e. The van der Waals surface area contributed by atoms with Crippen LogP contribution in [0.2, 0.25) is 5.02 Å². The zero-order valence-electron chi connectivity index (χ0n) is 11.0. The summed E-state index contributed by atoms with van der Waals surface area (Å²) in [6.07, 6.45) is 0. The van der Waals surface area contributed by atoms with E-state index >= 15 is 0 Å². The van der Waals surface area contributed by atoms with Crippen LogP contribution in [0.1, 0.15) is 18.5 Å². The summed E-state index contributed by atoms with van der Waals surface area (Å²) in [5.74, 6) is -2.29. The molecular weight excluding hydrogens is 320 g/mol. The third-order valence-electron chi connectivity index (χ3n) is 2.89. The van der Waals surface area contributed by atoms with E-state index in [1.54, 1.807) is 24.3 Å². The van der Waals surface area contributed by atoms with E-state index in [4.69, 9.17) is 11.6 Å². The molecule has 0 aliphatic heterocycles. The molecule has 2 aromatic rings. The molecule has 0 bridgehead atoms. The van der Waals surface area contributed by atoms with Crippen LogP contribution in [0.15, 0.2) is 47.4 Å². The van der Waals surface area contributed by atoms with E-state index in [9.17, 15) is 17.2 Å². The zero-order valence-corrected chi connectivity index (χ0v) is 12.5. The van der Waals surface area contributed by atoms with Crippen molar-refractivity contribution in [3.05, 3.63) is 64.7 Å². The van der Waals surface area contributed by atoms with Crippen molar-refractivity contribution in [1.82, 2.24) is 4.72 Å². The molecule has 112 valence electrons. The van der Waals surface area contributed by atoms with Crippen molar-refractivity contribution in [2.24, 2.45) is 0 Å². The highest BCUT2D eigenvalue weighted by atomic mass is 35.5. The Morgan fingerprint density at radius 1 is 1.05 bits per heavy atom. The minimum atomic E-state index is -4.34. The average molecular weight is 332 g/mol. The number of sulfonamides is 1. The summed E-state index contributed by atoms with van der Waals surface area (Å²) < 4.78 is 53.7. The fourth-order valence-corrected chi connectivity index (χ4v) is 3.58. The topological polar surface area (TPSA) is 46.2 Å².